The van der Waals surface area contributed by atoms with Crippen LogP contribution < -0.4 is 29.6 Å². The summed E-state index contributed by atoms with van der Waals surface area (Å²) in [5.74, 6) is -2.17. The molecule has 0 rings (SSSR count). The largest absolute Gasteiger partial charge is 1.00 e. The fraction of sp³-hybridized carbons (Fsp3) is 0.667. The molecule has 0 spiro atoms. The van der Waals surface area contributed by atoms with Crippen molar-refractivity contribution in [3.05, 3.63) is 0 Å². The van der Waals surface area contributed by atoms with Gasteiger partial charge in [-0.2, -0.15) is 0 Å². The summed E-state index contributed by atoms with van der Waals surface area (Å²) in [7, 11) is 0. The van der Waals surface area contributed by atoms with Gasteiger partial charge in [0.05, 0.1) is 0 Å². The minimum atomic E-state index is -1.28. The number of ether oxygens (including phenoxy) is 1. The molecular weight excluding hydrogens is 175 g/mol. The fourth-order valence-electron chi connectivity index (χ4n) is 0.323. The second kappa shape index (κ2) is 6.42. The van der Waals surface area contributed by atoms with Gasteiger partial charge < -0.3 is 16.4 Å². The summed E-state index contributed by atoms with van der Waals surface area (Å²) in [6.45, 7) is 2.42. The Hall–Kier alpha value is -0.100. The van der Waals surface area contributed by atoms with Crippen molar-refractivity contribution < 1.29 is 55.5 Å². The van der Waals surface area contributed by atoms with Crippen LogP contribution in [0.1, 0.15) is 15.3 Å². The van der Waals surface area contributed by atoms with Crippen molar-refractivity contribution >= 4 is 11.9 Å². The number of carbonyl (C=O) groups is 2. The molecule has 0 saturated carbocycles. The first-order valence-electron chi connectivity index (χ1n) is 3.06. The number of aliphatic hydroxyl groups is 1. The van der Waals surface area contributed by atoms with E-state index in [1.165, 1.54) is 13.8 Å². The van der Waals surface area contributed by atoms with E-state index in [1.54, 1.807) is 0 Å². The molecule has 0 saturated heterocycles. The Bertz CT molecular complexity index is 172. The number of aliphatic hydroxyl groups excluding tert-OH is 1. The van der Waals surface area contributed by atoms with Crippen molar-refractivity contribution in [2.24, 2.45) is 0 Å². The van der Waals surface area contributed by atoms with Crippen molar-refractivity contribution in [1.82, 2.24) is 0 Å². The van der Waals surface area contributed by atoms with E-state index in [9.17, 15) is 9.59 Å². The van der Waals surface area contributed by atoms with Crippen LogP contribution in [0.15, 0.2) is 0 Å². The van der Waals surface area contributed by atoms with Crippen molar-refractivity contribution in [3.63, 3.8) is 0 Å². The summed E-state index contributed by atoms with van der Waals surface area (Å²) in [5, 5.41) is 16.8. The summed E-state index contributed by atoms with van der Waals surface area (Å²) < 4.78 is 4.28. The molecule has 6 heteroatoms. The van der Waals surface area contributed by atoms with E-state index in [-0.39, 0.29) is 31.0 Å². The first-order chi connectivity index (χ1) is 4.95. The molecule has 0 aliphatic rings. The van der Waals surface area contributed by atoms with Crippen molar-refractivity contribution in [2.75, 3.05) is 0 Å². The first-order valence-corrected chi connectivity index (χ1v) is 3.06. The molecule has 12 heavy (non-hydrogen) atoms. The molecule has 66 valence electrons. The molecule has 0 aromatic carbocycles. The average Bonchev–Trinajstić information content (AvgIpc) is 1.87. The molecule has 0 amide bonds. The fourth-order valence-corrected chi connectivity index (χ4v) is 0.323. The number of aliphatic carboxylic acids is 1. The Kier molecular flexibility index (Phi) is 7.72. The zero-order valence-corrected chi connectivity index (χ0v) is 9.27. The molecular formula is C6H11NaO5. The van der Waals surface area contributed by atoms with Gasteiger partial charge in [-0.25, -0.2) is 9.59 Å². The number of carboxylic acid groups (broad SMARTS) is 1. The average molecular weight is 186 g/mol. The molecule has 2 N–H and O–H groups in total. The smallest absolute Gasteiger partial charge is 1.00 e. The molecule has 0 radical (unpaired) electrons. The molecule has 0 bridgehead atoms. The van der Waals surface area contributed by atoms with E-state index >= 15 is 0 Å². The van der Waals surface area contributed by atoms with Crippen molar-refractivity contribution in [2.45, 2.75) is 26.1 Å². The normalized spacial score (nSPS) is 13.9. The van der Waals surface area contributed by atoms with Crippen LogP contribution in [-0.4, -0.2) is 34.4 Å². The zero-order valence-electron chi connectivity index (χ0n) is 8.27. The third-order valence-corrected chi connectivity index (χ3v) is 0.982. The predicted molar refractivity (Wildman–Crippen MR) is 36.0 cm³/mol. The molecule has 0 aromatic heterocycles. The van der Waals surface area contributed by atoms with Gasteiger partial charge in [0.25, 0.3) is 0 Å². The van der Waals surface area contributed by atoms with Crippen molar-refractivity contribution in [3.8, 4) is 0 Å². The van der Waals surface area contributed by atoms with Gasteiger partial charge >= 0.3 is 41.5 Å². The third kappa shape index (κ3) is 5.54. The zero-order chi connectivity index (χ0) is 9.02. The third-order valence-electron chi connectivity index (χ3n) is 0.982. The maximum atomic E-state index is 10.5. The van der Waals surface area contributed by atoms with Crippen LogP contribution >= 0.6 is 0 Å². The van der Waals surface area contributed by atoms with E-state index in [2.05, 4.69) is 4.74 Å². The van der Waals surface area contributed by atoms with Crippen LogP contribution in [0, 0.1) is 0 Å². The SMILES string of the molecule is CC(O)C(=O)O[C@@H](C)C(=O)O.[H-].[Na+]. The Morgan fingerprint density at radius 3 is 2.08 bits per heavy atom. The van der Waals surface area contributed by atoms with Crippen molar-refractivity contribution in [1.29, 1.82) is 0 Å². The van der Waals surface area contributed by atoms with Crippen LogP contribution in [0.4, 0.5) is 0 Å². The quantitative estimate of drug-likeness (QED) is 0.353. The molecule has 1 unspecified atom stereocenters. The molecule has 0 fully saturated rings. The summed E-state index contributed by atoms with van der Waals surface area (Å²) in [4.78, 5) is 20.6. The Morgan fingerprint density at radius 1 is 1.42 bits per heavy atom. The second-order valence-electron chi connectivity index (χ2n) is 2.09. The van der Waals surface area contributed by atoms with E-state index in [4.69, 9.17) is 10.2 Å². The molecule has 0 aromatic rings. The number of carbonyl (C=O) groups excluding carboxylic acids is 1. The second-order valence-corrected chi connectivity index (χ2v) is 2.09. The molecule has 0 aliphatic carbocycles. The minimum absolute atomic E-state index is 0. The van der Waals surface area contributed by atoms with Crippen LogP contribution in [0.3, 0.4) is 0 Å². The number of esters is 1. The number of rotatable bonds is 3. The maximum Gasteiger partial charge on any atom is 1.00 e. The van der Waals surface area contributed by atoms with E-state index < -0.39 is 24.1 Å². The standard InChI is InChI=1S/C6H10O5.Na.H/c1-3(7)6(10)11-4(2)5(8)9;;/h3-4,7H,1-2H3,(H,8,9);;/q;+1;-1/t3?,4-;;/m0../s1. The van der Waals surface area contributed by atoms with Gasteiger partial charge in [-0.15, -0.1) is 0 Å². The summed E-state index contributed by atoms with van der Waals surface area (Å²) in [6.07, 6.45) is -2.49. The monoisotopic (exact) mass is 186 g/mol. The summed E-state index contributed by atoms with van der Waals surface area (Å²) >= 11 is 0. The molecule has 0 aliphatic heterocycles. The van der Waals surface area contributed by atoms with Crippen LogP contribution in [0.25, 0.3) is 0 Å². The first kappa shape index (κ1) is 14.4. The van der Waals surface area contributed by atoms with Crippen LogP contribution in [0.2, 0.25) is 0 Å². The van der Waals surface area contributed by atoms with Gasteiger partial charge in [-0.1, -0.05) is 0 Å². The maximum absolute atomic E-state index is 10.5. The molecule has 2 atom stereocenters. The molecule has 5 nitrogen and oxygen atoms in total. The van der Waals surface area contributed by atoms with Gasteiger partial charge in [-0.3, -0.25) is 0 Å². The van der Waals surface area contributed by atoms with E-state index in [0.717, 1.165) is 0 Å². The summed E-state index contributed by atoms with van der Waals surface area (Å²) in [5.41, 5.74) is 0. The van der Waals surface area contributed by atoms with Gasteiger partial charge in [-0.05, 0) is 13.8 Å². The number of carboxylic acids is 1. The summed E-state index contributed by atoms with van der Waals surface area (Å²) in [6, 6.07) is 0. The van der Waals surface area contributed by atoms with Crippen LogP contribution in [-0.2, 0) is 14.3 Å². The van der Waals surface area contributed by atoms with Crippen LogP contribution in [0.5, 0.6) is 0 Å². The van der Waals surface area contributed by atoms with Gasteiger partial charge in [0, 0.05) is 0 Å². The predicted octanol–water partition coefficient (Wildman–Crippen LogP) is -3.50. The molecule has 0 heterocycles. The Labute approximate surface area is 93.5 Å². The van der Waals surface area contributed by atoms with Gasteiger partial charge in [0.15, 0.2) is 6.10 Å². The minimum Gasteiger partial charge on any atom is -1.00 e. The number of hydrogen-bond donors (Lipinski definition) is 2. The van der Waals surface area contributed by atoms with Gasteiger partial charge in [0.1, 0.15) is 6.10 Å². The Morgan fingerprint density at radius 2 is 1.83 bits per heavy atom. The topological polar surface area (TPSA) is 83.8 Å². The Balaban J connectivity index is -0.000000500. The van der Waals surface area contributed by atoms with E-state index in [1.807, 2.05) is 0 Å². The van der Waals surface area contributed by atoms with Gasteiger partial charge in [0.2, 0.25) is 0 Å². The number of hydrogen-bond acceptors (Lipinski definition) is 4. The van der Waals surface area contributed by atoms with E-state index in [0.29, 0.717) is 0 Å².